The monoisotopic (exact) mass is 327 g/mol. The van der Waals surface area contributed by atoms with Gasteiger partial charge in [-0.05, 0) is 23.3 Å². The fourth-order valence-electron chi connectivity index (χ4n) is 3.53. The van der Waals surface area contributed by atoms with E-state index in [1.54, 1.807) is 6.07 Å². The topological polar surface area (TPSA) is 104 Å². The summed E-state index contributed by atoms with van der Waals surface area (Å²) in [5.74, 6) is -4.16. The Morgan fingerprint density at radius 3 is 2.38 bits per heavy atom. The highest BCUT2D eigenvalue weighted by atomic mass is 16.4. The number of rotatable bonds is 4. The lowest BCUT2D eigenvalue weighted by Crippen LogP contribution is -2.52. The van der Waals surface area contributed by atoms with Gasteiger partial charge in [0.2, 0.25) is 0 Å². The third-order valence-electron chi connectivity index (χ3n) is 4.88. The largest absolute Gasteiger partial charge is 0.480 e. The van der Waals surface area contributed by atoms with Crippen LogP contribution >= 0.6 is 0 Å². The molecule has 0 bridgehead atoms. The number of hydrogen-bond donors (Lipinski definition) is 3. The predicted molar refractivity (Wildman–Crippen MR) is 86.8 cm³/mol. The zero-order valence-electron chi connectivity index (χ0n) is 13.0. The summed E-state index contributed by atoms with van der Waals surface area (Å²) < 4.78 is 0. The van der Waals surface area contributed by atoms with Gasteiger partial charge in [-0.25, -0.2) is 0 Å². The first-order chi connectivity index (χ1) is 11.4. The van der Waals surface area contributed by atoms with Gasteiger partial charge in [-0.3, -0.25) is 14.9 Å². The molecule has 2 aromatic carbocycles. The third kappa shape index (κ3) is 2.35. The number of aliphatic carboxylic acids is 2. The maximum Gasteiger partial charge on any atom is 0.324 e. The van der Waals surface area contributed by atoms with Crippen molar-refractivity contribution in [2.45, 2.75) is 24.4 Å². The number of carboxylic acid groups (broad SMARTS) is 2. The van der Waals surface area contributed by atoms with Gasteiger partial charge in [-0.2, -0.15) is 0 Å². The van der Waals surface area contributed by atoms with Crippen molar-refractivity contribution < 1.29 is 24.6 Å². The molecule has 6 heteroatoms. The van der Waals surface area contributed by atoms with Gasteiger partial charge >= 0.3 is 11.9 Å². The molecule has 0 amide bonds. The highest BCUT2D eigenvalue weighted by Gasteiger charge is 2.57. The van der Waals surface area contributed by atoms with E-state index in [0.29, 0.717) is 11.8 Å². The number of carboxylic acids is 2. The van der Waals surface area contributed by atoms with E-state index in [9.17, 15) is 24.6 Å². The van der Waals surface area contributed by atoms with Crippen LogP contribution in [0.15, 0.2) is 42.5 Å². The van der Waals surface area contributed by atoms with Gasteiger partial charge in [-0.15, -0.1) is 0 Å². The molecule has 0 radical (unpaired) electrons. The van der Waals surface area contributed by atoms with Crippen molar-refractivity contribution >= 4 is 29.0 Å². The minimum Gasteiger partial charge on any atom is -0.480 e. The van der Waals surface area contributed by atoms with Crippen LogP contribution < -0.4 is 5.32 Å². The van der Waals surface area contributed by atoms with E-state index < -0.39 is 35.4 Å². The molecule has 3 N–H and O–H groups in total. The Labute approximate surface area is 138 Å². The van der Waals surface area contributed by atoms with E-state index in [-0.39, 0.29) is 0 Å². The lowest BCUT2D eigenvalue weighted by atomic mass is 9.77. The quantitative estimate of drug-likeness (QED) is 0.738. The summed E-state index contributed by atoms with van der Waals surface area (Å²) in [4.78, 5) is 34.9. The summed E-state index contributed by atoms with van der Waals surface area (Å²) in [6.45, 7) is 1.35. The van der Waals surface area contributed by atoms with Gasteiger partial charge in [0.05, 0.1) is 5.92 Å². The van der Waals surface area contributed by atoms with Crippen LogP contribution in [0.25, 0.3) is 10.8 Å². The zero-order chi connectivity index (χ0) is 17.5. The fraction of sp³-hybridized carbons (Fsp3) is 0.278. The van der Waals surface area contributed by atoms with Gasteiger partial charge < -0.3 is 15.0 Å². The molecule has 24 heavy (non-hydrogen) atoms. The van der Waals surface area contributed by atoms with Crippen molar-refractivity contribution in [3.63, 3.8) is 0 Å². The van der Waals surface area contributed by atoms with E-state index >= 15 is 0 Å². The summed E-state index contributed by atoms with van der Waals surface area (Å²) in [5, 5.41) is 23.5. The van der Waals surface area contributed by atoms with Crippen LogP contribution in [-0.4, -0.2) is 40.0 Å². The second kappa shape index (κ2) is 5.72. The fourth-order valence-corrected chi connectivity index (χ4v) is 3.53. The summed E-state index contributed by atoms with van der Waals surface area (Å²) in [5.41, 5.74) is -0.989. The first-order valence-corrected chi connectivity index (χ1v) is 7.56. The van der Waals surface area contributed by atoms with E-state index in [4.69, 9.17) is 0 Å². The van der Waals surface area contributed by atoms with E-state index in [1.165, 1.54) is 6.92 Å². The molecule has 6 nitrogen and oxygen atoms in total. The maximum atomic E-state index is 11.6. The van der Waals surface area contributed by atoms with Crippen molar-refractivity contribution in [1.82, 2.24) is 5.32 Å². The molecule has 1 aliphatic heterocycles. The smallest absolute Gasteiger partial charge is 0.324 e. The van der Waals surface area contributed by atoms with E-state index in [0.717, 1.165) is 10.8 Å². The first kappa shape index (κ1) is 16.1. The summed E-state index contributed by atoms with van der Waals surface area (Å²) in [7, 11) is 0. The lowest BCUT2D eigenvalue weighted by Gasteiger charge is -2.25. The standard InChI is InChI=1S/C18H17NO5/c1-18(17(23)24)13(9-20)14(15(19-18)16(21)22)12-7-6-10-4-2-3-5-11(10)8-12/h2-9,13-15,19H,1H3,(H,21,22)(H,23,24)/t13-,14-,15-,18+/m0/s1. The number of fused-ring (bicyclic) bond motifs is 1. The number of hydrogen-bond acceptors (Lipinski definition) is 4. The Kier molecular flexibility index (Phi) is 3.85. The normalized spacial score (nSPS) is 29.5. The molecular weight excluding hydrogens is 310 g/mol. The van der Waals surface area contributed by atoms with Crippen molar-refractivity contribution in [2.24, 2.45) is 5.92 Å². The molecule has 0 spiro atoms. The van der Waals surface area contributed by atoms with Gasteiger partial charge in [0.15, 0.2) is 0 Å². The van der Waals surface area contributed by atoms with Crippen LogP contribution in [0.2, 0.25) is 0 Å². The maximum absolute atomic E-state index is 11.6. The molecule has 1 fully saturated rings. The number of nitrogens with one attached hydrogen (secondary N) is 1. The molecule has 3 rings (SSSR count). The zero-order valence-corrected chi connectivity index (χ0v) is 13.0. The van der Waals surface area contributed by atoms with Crippen molar-refractivity contribution in [1.29, 1.82) is 0 Å². The van der Waals surface area contributed by atoms with Crippen LogP contribution in [0.1, 0.15) is 18.4 Å². The van der Waals surface area contributed by atoms with Crippen molar-refractivity contribution in [3.05, 3.63) is 48.0 Å². The highest BCUT2D eigenvalue weighted by molar-refractivity contribution is 5.89. The summed E-state index contributed by atoms with van der Waals surface area (Å²) in [6.07, 6.45) is 0.546. The first-order valence-electron chi connectivity index (χ1n) is 7.56. The van der Waals surface area contributed by atoms with Crippen LogP contribution in [0.4, 0.5) is 0 Å². The number of carbonyl (C=O) groups is 3. The van der Waals surface area contributed by atoms with Gasteiger partial charge in [-0.1, -0.05) is 42.5 Å². The van der Waals surface area contributed by atoms with Crippen molar-refractivity contribution in [2.75, 3.05) is 0 Å². The molecule has 0 aliphatic carbocycles. The number of aldehydes is 1. The SMILES string of the molecule is C[C@@]1(C(=O)O)N[C@H](C(=O)O)[C@@H](c2ccc3ccccc3c2)[C@@H]1C=O. The Bertz CT molecular complexity index is 833. The second-order valence-corrected chi connectivity index (χ2v) is 6.26. The van der Waals surface area contributed by atoms with E-state index in [2.05, 4.69) is 5.32 Å². The Balaban J connectivity index is 2.15. The summed E-state index contributed by atoms with van der Waals surface area (Å²) in [6, 6.07) is 11.9. The average molecular weight is 327 g/mol. The summed E-state index contributed by atoms with van der Waals surface area (Å²) >= 11 is 0. The molecule has 1 aliphatic rings. The predicted octanol–water partition coefficient (Wildman–Crippen LogP) is 1.64. The van der Waals surface area contributed by atoms with Gasteiger partial charge in [0, 0.05) is 5.92 Å². The minimum absolute atomic E-state index is 0.546. The number of benzene rings is 2. The molecule has 1 heterocycles. The second-order valence-electron chi connectivity index (χ2n) is 6.26. The Hall–Kier alpha value is -2.73. The molecule has 4 atom stereocenters. The Morgan fingerprint density at radius 1 is 1.12 bits per heavy atom. The number of carbonyl (C=O) groups excluding carboxylic acids is 1. The van der Waals surface area contributed by atoms with E-state index in [1.807, 2.05) is 36.4 Å². The molecule has 124 valence electrons. The van der Waals surface area contributed by atoms with Gasteiger partial charge in [0.25, 0.3) is 0 Å². The van der Waals surface area contributed by atoms with Crippen LogP contribution in [-0.2, 0) is 14.4 Å². The minimum atomic E-state index is -1.62. The van der Waals surface area contributed by atoms with Gasteiger partial charge in [0.1, 0.15) is 17.9 Å². The Morgan fingerprint density at radius 2 is 1.79 bits per heavy atom. The lowest BCUT2D eigenvalue weighted by molar-refractivity contribution is -0.146. The van der Waals surface area contributed by atoms with Crippen LogP contribution in [0.3, 0.4) is 0 Å². The molecule has 1 saturated heterocycles. The molecular formula is C18H17NO5. The van der Waals surface area contributed by atoms with Crippen molar-refractivity contribution in [3.8, 4) is 0 Å². The molecule has 0 saturated carbocycles. The average Bonchev–Trinajstić information content (AvgIpc) is 2.88. The molecule has 0 unspecified atom stereocenters. The molecule has 2 aromatic rings. The highest BCUT2D eigenvalue weighted by Crippen LogP contribution is 2.42. The third-order valence-corrected chi connectivity index (χ3v) is 4.88. The molecule has 0 aromatic heterocycles. The van der Waals surface area contributed by atoms with Crippen LogP contribution in [0, 0.1) is 5.92 Å². The van der Waals surface area contributed by atoms with Crippen LogP contribution in [0.5, 0.6) is 0 Å².